The summed E-state index contributed by atoms with van der Waals surface area (Å²) in [5.41, 5.74) is 1.54. The number of benzene rings is 1. The number of halogens is 3. The fourth-order valence-corrected chi connectivity index (χ4v) is 1.28. The summed E-state index contributed by atoms with van der Waals surface area (Å²) >= 11 is 0. The fourth-order valence-electron chi connectivity index (χ4n) is 1.28. The van der Waals surface area contributed by atoms with Crippen molar-refractivity contribution in [3.63, 3.8) is 0 Å². The number of hydrogen-bond acceptors (Lipinski definition) is 1. The van der Waals surface area contributed by atoms with Crippen LogP contribution >= 0.6 is 0 Å². The standard InChI is InChI=1S/C12H12F3NO/c1-3-10(16-11(17)12(13,14)15)9-6-4-8(2)5-7-9/h3-7,10H,1H2,2H3,(H,16,17)/t10-/m0/s1. The normalized spacial score (nSPS) is 12.9. The highest BCUT2D eigenvalue weighted by molar-refractivity contribution is 5.82. The maximum Gasteiger partial charge on any atom is 0.471 e. The molecule has 0 radical (unpaired) electrons. The van der Waals surface area contributed by atoms with E-state index >= 15 is 0 Å². The largest absolute Gasteiger partial charge is 0.471 e. The van der Waals surface area contributed by atoms with Crippen molar-refractivity contribution in [2.45, 2.75) is 19.1 Å². The average molecular weight is 243 g/mol. The van der Waals surface area contributed by atoms with Gasteiger partial charge in [0.1, 0.15) is 0 Å². The Bertz CT molecular complexity index is 409. The van der Waals surface area contributed by atoms with Crippen molar-refractivity contribution < 1.29 is 18.0 Å². The van der Waals surface area contributed by atoms with Crippen molar-refractivity contribution in [1.29, 1.82) is 0 Å². The predicted molar refractivity (Wildman–Crippen MR) is 58.3 cm³/mol. The summed E-state index contributed by atoms with van der Waals surface area (Å²) in [6.07, 6.45) is -3.62. The third-order valence-corrected chi connectivity index (χ3v) is 2.22. The summed E-state index contributed by atoms with van der Waals surface area (Å²) < 4.78 is 36.2. The van der Waals surface area contributed by atoms with Gasteiger partial charge in [0, 0.05) is 0 Å². The van der Waals surface area contributed by atoms with E-state index in [9.17, 15) is 18.0 Å². The number of carbonyl (C=O) groups excluding carboxylic acids is 1. The van der Waals surface area contributed by atoms with Gasteiger partial charge in [-0.25, -0.2) is 0 Å². The van der Waals surface area contributed by atoms with Crippen LogP contribution in [-0.2, 0) is 4.79 Å². The second-order valence-electron chi connectivity index (χ2n) is 3.60. The van der Waals surface area contributed by atoms with Gasteiger partial charge in [0.2, 0.25) is 0 Å². The molecule has 0 aliphatic heterocycles. The number of alkyl halides is 3. The van der Waals surface area contributed by atoms with Gasteiger partial charge in [-0.2, -0.15) is 13.2 Å². The summed E-state index contributed by atoms with van der Waals surface area (Å²) in [6, 6.07) is 5.97. The molecule has 0 bridgehead atoms. The van der Waals surface area contributed by atoms with Crippen molar-refractivity contribution in [2.24, 2.45) is 0 Å². The second-order valence-corrected chi connectivity index (χ2v) is 3.60. The Labute approximate surface area is 97.1 Å². The van der Waals surface area contributed by atoms with Crippen LogP contribution < -0.4 is 5.32 Å². The minimum absolute atomic E-state index is 0.559. The Morgan fingerprint density at radius 2 is 1.88 bits per heavy atom. The SMILES string of the molecule is C=C[C@H](NC(=O)C(F)(F)F)c1ccc(C)cc1. The van der Waals surface area contributed by atoms with Crippen LogP contribution in [-0.4, -0.2) is 12.1 Å². The highest BCUT2D eigenvalue weighted by atomic mass is 19.4. The smallest absolute Gasteiger partial charge is 0.338 e. The highest BCUT2D eigenvalue weighted by Crippen LogP contribution is 2.19. The molecule has 0 saturated heterocycles. The molecule has 0 heterocycles. The molecular weight excluding hydrogens is 231 g/mol. The Hall–Kier alpha value is -1.78. The lowest BCUT2D eigenvalue weighted by Gasteiger charge is -2.16. The molecule has 0 saturated carbocycles. The molecular formula is C12H12F3NO. The molecule has 17 heavy (non-hydrogen) atoms. The van der Waals surface area contributed by atoms with Gasteiger partial charge in [-0.3, -0.25) is 4.79 Å². The quantitative estimate of drug-likeness (QED) is 0.812. The van der Waals surface area contributed by atoms with Gasteiger partial charge >= 0.3 is 12.1 Å². The number of rotatable bonds is 3. The van der Waals surface area contributed by atoms with Crippen molar-refractivity contribution in [2.75, 3.05) is 0 Å². The number of hydrogen-bond donors (Lipinski definition) is 1. The molecule has 0 aliphatic carbocycles. The molecule has 1 aromatic rings. The van der Waals surface area contributed by atoms with E-state index in [-0.39, 0.29) is 0 Å². The van der Waals surface area contributed by atoms with Crippen LogP contribution in [0.4, 0.5) is 13.2 Å². The van der Waals surface area contributed by atoms with E-state index in [2.05, 4.69) is 6.58 Å². The van der Waals surface area contributed by atoms with E-state index < -0.39 is 18.1 Å². The minimum Gasteiger partial charge on any atom is -0.338 e. The molecule has 0 unspecified atom stereocenters. The molecule has 0 fully saturated rings. The molecule has 0 spiro atoms. The number of amides is 1. The maximum atomic E-state index is 12.1. The highest BCUT2D eigenvalue weighted by Gasteiger charge is 2.39. The van der Waals surface area contributed by atoms with Crippen molar-refractivity contribution in [3.8, 4) is 0 Å². The topological polar surface area (TPSA) is 29.1 Å². The lowest BCUT2D eigenvalue weighted by molar-refractivity contribution is -0.174. The van der Waals surface area contributed by atoms with E-state index in [1.165, 1.54) is 6.08 Å². The van der Waals surface area contributed by atoms with E-state index in [0.29, 0.717) is 5.56 Å². The van der Waals surface area contributed by atoms with Crippen molar-refractivity contribution >= 4 is 5.91 Å². The molecule has 1 aromatic carbocycles. The van der Waals surface area contributed by atoms with E-state index in [0.717, 1.165) is 5.56 Å². The fraction of sp³-hybridized carbons (Fsp3) is 0.250. The second kappa shape index (κ2) is 5.03. The molecule has 0 aromatic heterocycles. The molecule has 1 amide bonds. The Morgan fingerprint density at radius 1 is 1.35 bits per heavy atom. The van der Waals surface area contributed by atoms with E-state index in [4.69, 9.17) is 0 Å². The first-order valence-corrected chi connectivity index (χ1v) is 4.91. The van der Waals surface area contributed by atoms with Crippen LogP contribution in [0.1, 0.15) is 17.2 Å². The zero-order valence-electron chi connectivity index (χ0n) is 9.21. The van der Waals surface area contributed by atoms with Gasteiger partial charge in [0.15, 0.2) is 0 Å². The third-order valence-electron chi connectivity index (χ3n) is 2.22. The van der Waals surface area contributed by atoms with Gasteiger partial charge in [-0.1, -0.05) is 35.9 Å². The summed E-state index contributed by atoms with van der Waals surface area (Å²) in [6.45, 7) is 5.27. The van der Waals surface area contributed by atoms with Gasteiger partial charge < -0.3 is 5.32 Å². The first-order chi connectivity index (χ1) is 7.84. The van der Waals surface area contributed by atoms with E-state index in [1.807, 2.05) is 12.2 Å². The predicted octanol–water partition coefficient (Wildman–Crippen LogP) is 2.90. The van der Waals surface area contributed by atoms with Gasteiger partial charge in [-0.05, 0) is 12.5 Å². The summed E-state index contributed by atoms with van der Waals surface area (Å²) in [5.74, 6) is -1.97. The lowest BCUT2D eigenvalue weighted by atomic mass is 10.1. The first kappa shape index (κ1) is 13.3. The molecule has 92 valence electrons. The zero-order chi connectivity index (χ0) is 13.1. The van der Waals surface area contributed by atoms with Crippen LogP contribution in [0.5, 0.6) is 0 Å². The van der Waals surface area contributed by atoms with Crippen LogP contribution in [0.15, 0.2) is 36.9 Å². The van der Waals surface area contributed by atoms with E-state index in [1.54, 1.807) is 24.3 Å². The van der Waals surface area contributed by atoms with Crippen molar-refractivity contribution in [1.82, 2.24) is 5.32 Å². The molecule has 2 nitrogen and oxygen atoms in total. The van der Waals surface area contributed by atoms with Crippen LogP contribution in [0.2, 0.25) is 0 Å². The molecule has 5 heteroatoms. The van der Waals surface area contributed by atoms with Crippen LogP contribution in [0.3, 0.4) is 0 Å². The average Bonchev–Trinajstić information content (AvgIpc) is 2.25. The molecule has 1 N–H and O–H groups in total. The van der Waals surface area contributed by atoms with Crippen molar-refractivity contribution in [3.05, 3.63) is 48.0 Å². The monoisotopic (exact) mass is 243 g/mol. The summed E-state index contributed by atoms with van der Waals surface area (Å²) in [7, 11) is 0. The molecule has 0 aliphatic rings. The Balaban J connectivity index is 2.83. The molecule has 1 rings (SSSR count). The summed E-state index contributed by atoms with van der Waals surface area (Å²) in [4.78, 5) is 10.8. The van der Waals surface area contributed by atoms with Crippen LogP contribution in [0, 0.1) is 6.92 Å². The molecule has 1 atom stereocenters. The Kier molecular flexibility index (Phi) is 3.93. The maximum absolute atomic E-state index is 12.1. The Morgan fingerprint density at radius 3 is 2.29 bits per heavy atom. The zero-order valence-corrected chi connectivity index (χ0v) is 9.21. The minimum atomic E-state index is -4.88. The van der Waals surface area contributed by atoms with Gasteiger partial charge in [0.05, 0.1) is 6.04 Å². The summed E-state index contributed by atoms with van der Waals surface area (Å²) in [5, 5.41) is 1.86. The van der Waals surface area contributed by atoms with Gasteiger partial charge in [-0.15, -0.1) is 6.58 Å². The lowest BCUT2D eigenvalue weighted by Crippen LogP contribution is -2.38. The van der Waals surface area contributed by atoms with Gasteiger partial charge in [0.25, 0.3) is 0 Å². The van der Waals surface area contributed by atoms with Crippen LogP contribution in [0.25, 0.3) is 0 Å². The first-order valence-electron chi connectivity index (χ1n) is 4.91. The number of aryl methyl sites for hydroxylation is 1. The number of carbonyl (C=O) groups is 1. The number of nitrogens with one attached hydrogen (secondary N) is 1. The third kappa shape index (κ3) is 3.62.